The molecule has 1 saturated heterocycles. The standard InChI is InChI=1S/C24H27FN2O3/c1-16-3-8-21-19(13-23(28)30-24(21)17(16)2)14-26-15-22(27-9-11-29-12-10-27)18-4-6-20(25)7-5-18/h3-8,13,22,26H,9-12,14-15H2,1-2H3/p+2/t22-/m1/s1. The van der Waals surface area contributed by atoms with Gasteiger partial charge in [-0.1, -0.05) is 12.1 Å². The van der Waals surface area contributed by atoms with Crippen molar-refractivity contribution in [3.05, 3.63) is 81.0 Å². The fourth-order valence-electron chi connectivity index (χ4n) is 4.31. The van der Waals surface area contributed by atoms with Crippen LogP contribution in [-0.2, 0) is 11.3 Å². The van der Waals surface area contributed by atoms with Gasteiger partial charge in [0.05, 0.1) is 13.2 Å². The average molecular weight is 413 g/mol. The van der Waals surface area contributed by atoms with Crippen LogP contribution in [0, 0.1) is 19.7 Å². The van der Waals surface area contributed by atoms with Crippen LogP contribution in [-0.4, -0.2) is 32.8 Å². The van der Waals surface area contributed by atoms with Crippen molar-refractivity contribution >= 4 is 11.0 Å². The molecule has 158 valence electrons. The molecule has 3 N–H and O–H groups in total. The first-order valence-electron chi connectivity index (χ1n) is 10.6. The summed E-state index contributed by atoms with van der Waals surface area (Å²) in [5, 5.41) is 3.23. The number of hydrogen-bond donors (Lipinski definition) is 2. The van der Waals surface area contributed by atoms with Crippen LogP contribution in [0.15, 0.2) is 51.7 Å². The highest BCUT2D eigenvalue weighted by Gasteiger charge is 2.28. The zero-order valence-electron chi connectivity index (χ0n) is 17.5. The molecular weight excluding hydrogens is 383 g/mol. The fourth-order valence-corrected chi connectivity index (χ4v) is 4.31. The molecule has 0 saturated carbocycles. The van der Waals surface area contributed by atoms with E-state index in [1.165, 1.54) is 17.0 Å². The van der Waals surface area contributed by atoms with E-state index in [0.29, 0.717) is 12.1 Å². The van der Waals surface area contributed by atoms with Crippen molar-refractivity contribution in [1.82, 2.24) is 0 Å². The Kier molecular flexibility index (Phi) is 6.27. The average Bonchev–Trinajstić information content (AvgIpc) is 2.75. The largest absolute Gasteiger partial charge is 0.422 e. The minimum Gasteiger partial charge on any atom is -0.422 e. The predicted molar refractivity (Wildman–Crippen MR) is 113 cm³/mol. The quantitative estimate of drug-likeness (QED) is 0.600. The van der Waals surface area contributed by atoms with Crippen LogP contribution in [0.25, 0.3) is 11.0 Å². The maximum Gasteiger partial charge on any atom is 0.336 e. The summed E-state index contributed by atoms with van der Waals surface area (Å²) in [7, 11) is 0. The van der Waals surface area contributed by atoms with E-state index >= 15 is 0 Å². The van der Waals surface area contributed by atoms with Gasteiger partial charge in [0.1, 0.15) is 37.6 Å². The van der Waals surface area contributed by atoms with Crippen LogP contribution in [0.3, 0.4) is 0 Å². The second-order valence-electron chi connectivity index (χ2n) is 8.08. The molecule has 3 aromatic rings. The first-order chi connectivity index (χ1) is 14.5. The first kappa shape index (κ1) is 20.7. The van der Waals surface area contributed by atoms with Crippen molar-refractivity contribution in [3.63, 3.8) is 0 Å². The third kappa shape index (κ3) is 4.46. The van der Waals surface area contributed by atoms with Gasteiger partial charge < -0.3 is 19.4 Å². The molecule has 1 aliphatic heterocycles. The van der Waals surface area contributed by atoms with Crippen LogP contribution in [0.2, 0.25) is 0 Å². The molecule has 0 unspecified atom stereocenters. The number of quaternary nitrogens is 2. The van der Waals surface area contributed by atoms with E-state index in [4.69, 9.17) is 9.15 Å². The van der Waals surface area contributed by atoms with Crippen molar-refractivity contribution in [2.75, 3.05) is 32.8 Å². The first-order valence-corrected chi connectivity index (χ1v) is 10.6. The Hall–Kier alpha value is -2.54. The van der Waals surface area contributed by atoms with Gasteiger partial charge in [0.15, 0.2) is 6.04 Å². The summed E-state index contributed by atoms with van der Waals surface area (Å²) in [6.07, 6.45) is 0. The number of nitrogens with one attached hydrogen (secondary N) is 1. The maximum atomic E-state index is 13.4. The van der Waals surface area contributed by atoms with Crippen molar-refractivity contribution in [1.29, 1.82) is 0 Å². The third-order valence-electron chi connectivity index (χ3n) is 6.18. The van der Waals surface area contributed by atoms with Gasteiger partial charge in [0, 0.05) is 22.6 Å². The van der Waals surface area contributed by atoms with Crippen LogP contribution in [0.5, 0.6) is 0 Å². The molecule has 0 radical (unpaired) electrons. The van der Waals surface area contributed by atoms with Gasteiger partial charge >= 0.3 is 5.63 Å². The van der Waals surface area contributed by atoms with Crippen molar-refractivity contribution < 1.29 is 23.8 Å². The molecule has 1 aromatic heterocycles. The van der Waals surface area contributed by atoms with Gasteiger partial charge in [-0.3, -0.25) is 0 Å². The van der Waals surface area contributed by atoms with Gasteiger partial charge in [-0.25, -0.2) is 9.18 Å². The molecule has 1 fully saturated rings. The Bertz CT molecular complexity index is 1070. The Balaban J connectivity index is 1.55. The zero-order chi connectivity index (χ0) is 21.1. The van der Waals surface area contributed by atoms with E-state index in [9.17, 15) is 9.18 Å². The summed E-state index contributed by atoms with van der Waals surface area (Å²) in [4.78, 5) is 13.6. The van der Waals surface area contributed by atoms with E-state index in [1.54, 1.807) is 6.07 Å². The second kappa shape index (κ2) is 9.08. The molecule has 5 nitrogen and oxygen atoms in total. The van der Waals surface area contributed by atoms with Crippen molar-refractivity contribution in [2.45, 2.75) is 26.4 Å². The molecule has 0 amide bonds. The Morgan fingerprint density at radius 3 is 2.57 bits per heavy atom. The van der Waals surface area contributed by atoms with E-state index in [1.807, 2.05) is 32.0 Å². The Labute approximate surface area is 175 Å². The number of aryl methyl sites for hydroxylation is 2. The van der Waals surface area contributed by atoms with Crippen LogP contribution < -0.4 is 15.8 Å². The van der Waals surface area contributed by atoms with Gasteiger partial charge in [-0.05, 0) is 49.2 Å². The number of halogens is 1. The normalized spacial score (nSPS) is 16.1. The second-order valence-corrected chi connectivity index (χ2v) is 8.08. The van der Waals surface area contributed by atoms with Crippen LogP contribution in [0.1, 0.15) is 28.3 Å². The number of morpholine rings is 1. The molecular formula is C24H29FN2O3+2. The van der Waals surface area contributed by atoms with E-state index < -0.39 is 0 Å². The molecule has 1 atom stereocenters. The van der Waals surface area contributed by atoms with E-state index in [-0.39, 0.29) is 17.5 Å². The van der Waals surface area contributed by atoms with Gasteiger partial charge in [-0.15, -0.1) is 0 Å². The van der Waals surface area contributed by atoms with Crippen molar-refractivity contribution in [2.24, 2.45) is 0 Å². The Morgan fingerprint density at radius 1 is 1.10 bits per heavy atom. The summed E-state index contributed by atoms with van der Waals surface area (Å²) < 4.78 is 24.5. The van der Waals surface area contributed by atoms with E-state index in [2.05, 4.69) is 11.4 Å². The molecule has 1 aliphatic rings. The summed E-state index contributed by atoms with van der Waals surface area (Å²) in [5.74, 6) is -0.216. The molecule has 0 spiro atoms. The number of rotatable bonds is 6. The van der Waals surface area contributed by atoms with Crippen molar-refractivity contribution in [3.8, 4) is 0 Å². The minimum absolute atomic E-state index is 0.216. The lowest BCUT2D eigenvalue weighted by Crippen LogP contribution is -3.16. The highest BCUT2D eigenvalue weighted by atomic mass is 19.1. The lowest BCUT2D eigenvalue weighted by Gasteiger charge is -2.30. The smallest absolute Gasteiger partial charge is 0.336 e. The van der Waals surface area contributed by atoms with Gasteiger partial charge in [0.25, 0.3) is 0 Å². The summed E-state index contributed by atoms with van der Waals surface area (Å²) in [6, 6.07) is 12.8. The fraction of sp³-hybridized carbons (Fsp3) is 0.375. The molecule has 0 bridgehead atoms. The Morgan fingerprint density at radius 2 is 1.83 bits per heavy atom. The SMILES string of the molecule is Cc1ccc2c(C[NH2+]C[C@H](c3ccc(F)cc3)[NH+]3CCOCC3)cc(=O)oc2c1C. The molecule has 2 heterocycles. The minimum atomic E-state index is -0.312. The summed E-state index contributed by atoms with van der Waals surface area (Å²) in [6.45, 7) is 8.90. The van der Waals surface area contributed by atoms with Crippen LogP contribution in [0.4, 0.5) is 4.39 Å². The van der Waals surface area contributed by atoms with Gasteiger partial charge in [0.2, 0.25) is 0 Å². The monoisotopic (exact) mass is 412 g/mol. The number of hydrogen-bond acceptors (Lipinski definition) is 3. The molecule has 2 aromatic carbocycles. The number of ether oxygens (including phenoxy) is 1. The molecule has 6 heteroatoms. The highest BCUT2D eigenvalue weighted by molar-refractivity contribution is 5.83. The molecule has 0 aliphatic carbocycles. The predicted octanol–water partition coefficient (Wildman–Crippen LogP) is 1.27. The topological polar surface area (TPSA) is 60.5 Å². The number of benzene rings is 2. The summed E-state index contributed by atoms with van der Waals surface area (Å²) in [5.41, 5.74) is 4.60. The summed E-state index contributed by atoms with van der Waals surface area (Å²) >= 11 is 0. The molecule has 4 rings (SSSR count). The highest BCUT2D eigenvalue weighted by Crippen LogP contribution is 2.22. The zero-order valence-corrected chi connectivity index (χ0v) is 17.5. The maximum absolute atomic E-state index is 13.4. The lowest BCUT2D eigenvalue weighted by molar-refractivity contribution is -0.952. The lowest BCUT2D eigenvalue weighted by atomic mass is 10.0. The molecule has 30 heavy (non-hydrogen) atoms. The van der Waals surface area contributed by atoms with Gasteiger partial charge in [-0.2, -0.15) is 0 Å². The van der Waals surface area contributed by atoms with E-state index in [0.717, 1.165) is 60.5 Å². The third-order valence-corrected chi connectivity index (χ3v) is 6.18. The number of fused-ring (bicyclic) bond motifs is 1. The van der Waals surface area contributed by atoms with Crippen LogP contribution >= 0.6 is 0 Å². The number of nitrogens with two attached hydrogens (primary N) is 1.